The van der Waals surface area contributed by atoms with E-state index in [0.29, 0.717) is 22.1 Å². The number of rotatable bonds is 3. The Morgan fingerprint density at radius 2 is 1.87 bits per heavy atom. The highest BCUT2D eigenvalue weighted by Crippen LogP contribution is 2.17. The molecule has 0 aliphatic heterocycles. The van der Waals surface area contributed by atoms with Gasteiger partial charge < -0.3 is 4.42 Å². The molecule has 1 heterocycles. The molecule has 23 heavy (non-hydrogen) atoms. The van der Waals surface area contributed by atoms with Crippen LogP contribution in [0.15, 0.2) is 34.8 Å². The molecule has 6 heteroatoms. The molecule has 0 aliphatic rings. The number of hydrogen-bond acceptors (Lipinski definition) is 3. The summed E-state index contributed by atoms with van der Waals surface area (Å²) < 4.78 is 5.27. The lowest BCUT2D eigenvalue weighted by atomic mass is 10.1. The van der Waals surface area contributed by atoms with Crippen LogP contribution in [0.4, 0.5) is 0 Å². The number of hydrazine groups is 1. The first-order chi connectivity index (χ1) is 10.9. The number of hydrogen-bond donors (Lipinski definition) is 2. The summed E-state index contributed by atoms with van der Waals surface area (Å²) in [4.78, 5) is 23.6. The average molecular weight is 333 g/mol. The van der Waals surface area contributed by atoms with Crippen LogP contribution >= 0.6 is 11.6 Å². The monoisotopic (exact) mass is 332 g/mol. The summed E-state index contributed by atoms with van der Waals surface area (Å²) >= 11 is 6.02. The quantitative estimate of drug-likeness (QED) is 0.669. The van der Waals surface area contributed by atoms with E-state index >= 15 is 0 Å². The van der Waals surface area contributed by atoms with Crippen molar-refractivity contribution in [1.29, 1.82) is 0 Å². The zero-order valence-corrected chi connectivity index (χ0v) is 13.8. The fraction of sp³-hybridized carbons (Fsp3) is 0.176. The first kappa shape index (κ1) is 16.8. The fourth-order valence-electron chi connectivity index (χ4n) is 1.97. The third kappa shape index (κ3) is 4.47. The Hall–Kier alpha value is -2.53. The van der Waals surface area contributed by atoms with Crippen molar-refractivity contribution in [2.75, 3.05) is 0 Å². The van der Waals surface area contributed by atoms with E-state index in [4.69, 9.17) is 16.0 Å². The Bertz CT molecular complexity index is 778. The average Bonchev–Trinajstić information content (AvgIpc) is 2.84. The van der Waals surface area contributed by atoms with Crippen LogP contribution in [0.2, 0.25) is 5.02 Å². The highest BCUT2D eigenvalue weighted by Gasteiger charge is 2.13. The van der Waals surface area contributed by atoms with Gasteiger partial charge in [-0.3, -0.25) is 20.4 Å². The maximum Gasteiger partial charge on any atom is 0.273 e. The lowest BCUT2D eigenvalue weighted by Crippen LogP contribution is -2.40. The molecule has 0 radical (unpaired) electrons. The Balaban J connectivity index is 1.92. The number of furan rings is 1. The maximum absolute atomic E-state index is 11.9. The summed E-state index contributed by atoms with van der Waals surface area (Å²) in [6.45, 7) is 5.33. The van der Waals surface area contributed by atoms with E-state index in [-0.39, 0.29) is 0 Å². The Morgan fingerprint density at radius 1 is 1.13 bits per heavy atom. The molecule has 0 fully saturated rings. The van der Waals surface area contributed by atoms with Crippen LogP contribution in [0.5, 0.6) is 0 Å². The van der Waals surface area contributed by atoms with Gasteiger partial charge in [0.15, 0.2) is 0 Å². The molecular weight excluding hydrogens is 316 g/mol. The van der Waals surface area contributed by atoms with Crippen molar-refractivity contribution in [3.63, 3.8) is 0 Å². The normalized spacial score (nSPS) is 10.8. The number of amides is 2. The van der Waals surface area contributed by atoms with E-state index in [2.05, 4.69) is 10.9 Å². The number of carbonyl (C=O) groups excluding carboxylic acids is 2. The van der Waals surface area contributed by atoms with E-state index in [1.807, 2.05) is 19.1 Å². The molecule has 0 atom stereocenters. The van der Waals surface area contributed by atoms with Gasteiger partial charge in [-0.2, -0.15) is 0 Å². The van der Waals surface area contributed by atoms with E-state index in [1.165, 1.54) is 6.08 Å². The number of halogens is 1. The van der Waals surface area contributed by atoms with Crippen molar-refractivity contribution in [2.45, 2.75) is 20.8 Å². The molecular formula is C17H17ClN2O3. The Morgan fingerprint density at radius 3 is 2.48 bits per heavy atom. The fourth-order valence-corrected chi connectivity index (χ4v) is 2.16. The summed E-state index contributed by atoms with van der Waals surface area (Å²) in [6.07, 6.45) is 2.93. The van der Waals surface area contributed by atoms with Gasteiger partial charge in [-0.25, -0.2) is 0 Å². The van der Waals surface area contributed by atoms with Gasteiger partial charge in [0.2, 0.25) is 0 Å². The zero-order valence-electron chi connectivity index (χ0n) is 13.1. The topological polar surface area (TPSA) is 71.3 Å². The minimum Gasteiger partial charge on any atom is -0.466 e. The smallest absolute Gasteiger partial charge is 0.273 e. The van der Waals surface area contributed by atoms with Gasteiger partial charge in [-0.05, 0) is 50.1 Å². The molecule has 2 aromatic rings. The molecule has 120 valence electrons. The zero-order chi connectivity index (χ0) is 17.0. The van der Waals surface area contributed by atoms with Crippen molar-refractivity contribution in [3.8, 4) is 0 Å². The second-order valence-corrected chi connectivity index (χ2v) is 5.52. The Labute approximate surface area is 139 Å². The second kappa shape index (κ2) is 7.15. The molecule has 5 nitrogen and oxygen atoms in total. The van der Waals surface area contributed by atoms with Gasteiger partial charge in [0.05, 0.1) is 5.56 Å². The summed E-state index contributed by atoms with van der Waals surface area (Å²) in [5.74, 6) is 0.251. The molecule has 0 saturated carbocycles. The number of benzene rings is 1. The maximum atomic E-state index is 11.9. The predicted molar refractivity (Wildman–Crippen MR) is 89.0 cm³/mol. The van der Waals surface area contributed by atoms with E-state index in [9.17, 15) is 9.59 Å². The summed E-state index contributed by atoms with van der Waals surface area (Å²) in [5, 5.41) is 0.631. The second-order valence-electron chi connectivity index (χ2n) is 5.11. The van der Waals surface area contributed by atoms with Gasteiger partial charge in [0.25, 0.3) is 11.8 Å². The number of aryl methyl sites for hydroxylation is 3. The van der Waals surface area contributed by atoms with E-state index < -0.39 is 11.8 Å². The summed E-state index contributed by atoms with van der Waals surface area (Å²) in [6, 6.07) is 7.09. The van der Waals surface area contributed by atoms with E-state index in [1.54, 1.807) is 32.1 Å². The van der Waals surface area contributed by atoms with Crippen molar-refractivity contribution in [1.82, 2.24) is 10.9 Å². The van der Waals surface area contributed by atoms with Crippen LogP contribution in [-0.2, 0) is 4.79 Å². The Kier molecular flexibility index (Phi) is 5.24. The first-order valence-electron chi connectivity index (χ1n) is 6.98. The SMILES string of the molecule is Cc1cc(C(=O)NNC(=O)/C=C/c2ccc(C)c(Cl)c2)c(C)o1. The van der Waals surface area contributed by atoms with Crippen molar-refractivity contribution in [2.24, 2.45) is 0 Å². The third-order valence-corrected chi connectivity index (χ3v) is 3.62. The van der Waals surface area contributed by atoms with Crippen LogP contribution in [0.1, 0.15) is 33.0 Å². The van der Waals surface area contributed by atoms with Crippen LogP contribution in [-0.4, -0.2) is 11.8 Å². The lowest BCUT2D eigenvalue weighted by Gasteiger charge is -2.04. The molecule has 0 spiro atoms. The van der Waals surface area contributed by atoms with Gasteiger partial charge in [0.1, 0.15) is 11.5 Å². The highest BCUT2D eigenvalue weighted by atomic mass is 35.5. The standard InChI is InChI=1S/C17H17ClN2O3/c1-10-4-5-13(9-15(10)18)6-7-16(21)19-20-17(22)14-8-11(2)23-12(14)3/h4-9H,1-3H3,(H,19,21)(H,20,22)/b7-6+. The van der Waals surface area contributed by atoms with Crippen LogP contribution in [0.3, 0.4) is 0 Å². The molecule has 0 unspecified atom stereocenters. The molecule has 1 aromatic carbocycles. The molecule has 0 aliphatic carbocycles. The third-order valence-electron chi connectivity index (χ3n) is 3.21. The predicted octanol–water partition coefficient (Wildman–Crippen LogP) is 3.33. The van der Waals surface area contributed by atoms with Gasteiger partial charge in [-0.1, -0.05) is 23.7 Å². The molecule has 1 aromatic heterocycles. The molecule has 2 rings (SSSR count). The molecule has 0 bridgehead atoms. The molecule has 2 amide bonds. The first-order valence-corrected chi connectivity index (χ1v) is 7.36. The van der Waals surface area contributed by atoms with Crippen LogP contribution in [0.25, 0.3) is 6.08 Å². The van der Waals surface area contributed by atoms with Crippen LogP contribution in [0, 0.1) is 20.8 Å². The van der Waals surface area contributed by atoms with Crippen molar-refractivity contribution < 1.29 is 14.0 Å². The molecule has 2 N–H and O–H groups in total. The number of carbonyl (C=O) groups is 2. The molecule has 0 saturated heterocycles. The minimum atomic E-state index is -0.451. The van der Waals surface area contributed by atoms with Gasteiger partial charge >= 0.3 is 0 Å². The largest absolute Gasteiger partial charge is 0.466 e. The van der Waals surface area contributed by atoms with E-state index in [0.717, 1.165) is 11.1 Å². The highest BCUT2D eigenvalue weighted by molar-refractivity contribution is 6.31. The van der Waals surface area contributed by atoms with Crippen molar-refractivity contribution >= 4 is 29.5 Å². The van der Waals surface area contributed by atoms with Gasteiger partial charge in [-0.15, -0.1) is 0 Å². The number of nitrogens with one attached hydrogen (secondary N) is 2. The minimum absolute atomic E-state index is 0.386. The van der Waals surface area contributed by atoms with Gasteiger partial charge in [0, 0.05) is 11.1 Å². The summed E-state index contributed by atoms with van der Waals surface area (Å²) in [7, 11) is 0. The lowest BCUT2D eigenvalue weighted by molar-refractivity contribution is -0.117. The summed E-state index contributed by atoms with van der Waals surface area (Å²) in [5.41, 5.74) is 6.79. The van der Waals surface area contributed by atoms with Crippen LogP contribution < -0.4 is 10.9 Å². The van der Waals surface area contributed by atoms with Crippen molar-refractivity contribution in [3.05, 3.63) is 63.6 Å².